The molecule has 0 fully saturated rings. The first-order chi connectivity index (χ1) is 17.9. The van der Waals surface area contributed by atoms with E-state index in [4.69, 9.17) is 18.9 Å². The lowest BCUT2D eigenvalue weighted by molar-refractivity contribution is -0.384. The van der Waals surface area contributed by atoms with Crippen molar-refractivity contribution in [2.45, 2.75) is 12.5 Å². The Morgan fingerprint density at radius 3 is 2.16 bits per heavy atom. The molecule has 10 heteroatoms. The van der Waals surface area contributed by atoms with Crippen molar-refractivity contribution in [2.75, 3.05) is 34.5 Å². The van der Waals surface area contributed by atoms with Crippen LogP contribution in [-0.2, 0) is 11.2 Å². The standard InChI is InChI=1S/C27H26N2O8/c1-34-24-14-19-12-13-28(26(30)17-4-8-20(9-5-17)29(32)33)23(22(19)15-25(24)35-2)16-37-21-10-6-18(7-11-21)27(31)36-3/h4-11,14-15,23H,12-13,16H2,1-3H3. The Balaban J connectivity index is 1.66. The predicted octanol–water partition coefficient (Wildman–Crippen LogP) is 4.22. The van der Waals surface area contributed by atoms with Crippen molar-refractivity contribution in [3.63, 3.8) is 0 Å². The fraction of sp³-hybridized carbons (Fsp3) is 0.259. The maximum atomic E-state index is 13.5. The van der Waals surface area contributed by atoms with Crippen LogP contribution in [0.3, 0.4) is 0 Å². The van der Waals surface area contributed by atoms with E-state index in [9.17, 15) is 19.7 Å². The van der Waals surface area contributed by atoms with Gasteiger partial charge in [0.1, 0.15) is 12.4 Å². The van der Waals surface area contributed by atoms with Gasteiger partial charge >= 0.3 is 5.97 Å². The lowest BCUT2D eigenvalue weighted by Gasteiger charge is -2.37. The number of nitro groups is 1. The molecule has 192 valence electrons. The quantitative estimate of drug-likeness (QED) is 0.253. The highest BCUT2D eigenvalue weighted by atomic mass is 16.6. The molecule has 0 saturated heterocycles. The molecule has 0 aliphatic carbocycles. The molecule has 37 heavy (non-hydrogen) atoms. The van der Waals surface area contributed by atoms with Crippen LogP contribution in [0, 0.1) is 10.1 Å². The minimum atomic E-state index is -0.507. The van der Waals surface area contributed by atoms with E-state index in [2.05, 4.69) is 0 Å². The average Bonchev–Trinajstić information content (AvgIpc) is 2.94. The van der Waals surface area contributed by atoms with Gasteiger partial charge < -0.3 is 23.8 Å². The Kier molecular flexibility index (Phi) is 7.57. The molecule has 1 atom stereocenters. The molecule has 0 spiro atoms. The number of non-ortho nitro benzene ring substituents is 1. The normalized spacial score (nSPS) is 14.4. The molecule has 1 heterocycles. The summed E-state index contributed by atoms with van der Waals surface area (Å²) in [5.41, 5.74) is 2.49. The number of hydrogen-bond acceptors (Lipinski definition) is 8. The van der Waals surface area contributed by atoms with E-state index in [1.807, 2.05) is 12.1 Å². The molecule has 4 rings (SSSR count). The molecular formula is C27H26N2O8. The van der Waals surface area contributed by atoms with Crippen molar-refractivity contribution in [3.05, 3.63) is 93.0 Å². The van der Waals surface area contributed by atoms with E-state index in [-0.39, 0.29) is 18.2 Å². The van der Waals surface area contributed by atoms with Crippen LogP contribution < -0.4 is 14.2 Å². The van der Waals surface area contributed by atoms with Gasteiger partial charge in [-0.05, 0) is 66.1 Å². The van der Waals surface area contributed by atoms with Gasteiger partial charge in [-0.2, -0.15) is 0 Å². The summed E-state index contributed by atoms with van der Waals surface area (Å²) >= 11 is 0. The maximum Gasteiger partial charge on any atom is 0.337 e. The molecule has 0 aromatic heterocycles. The van der Waals surface area contributed by atoms with Crippen molar-refractivity contribution in [1.29, 1.82) is 0 Å². The molecule has 0 N–H and O–H groups in total. The first-order valence-electron chi connectivity index (χ1n) is 11.5. The Labute approximate surface area is 213 Å². The van der Waals surface area contributed by atoms with Crippen molar-refractivity contribution in [2.24, 2.45) is 0 Å². The Hall–Kier alpha value is -4.60. The third-order valence-electron chi connectivity index (χ3n) is 6.27. The fourth-order valence-electron chi connectivity index (χ4n) is 4.32. The van der Waals surface area contributed by atoms with Crippen LogP contribution in [0.4, 0.5) is 5.69 Å². The summed E-state index contributed by atoms with van der Waals surface area (Å²) in [5, 5.41) is 11.0. The number of esters is 1. The van der Waals surface area contributed by atoms with Gasteiger partial charge in [-0.3, -0.25) is 14.9 Å². The summed E-state index contributed by atoms with van der Waals surface area (Å²) in [6.07, 6.45) is 0.582. The number of ether oxygens (including phenoxy) is 4. The van der Waals surface area contributed by atoms with E-state index in [0.29, 0.717) is 41.3 Å². The van der Waals surface area contributed by atoms with Crippen LogP contribution in [0.1, 0.15) is 37.9 Å². The van der Waals surface area contributed by atoms with E-state index < -0.39 is 16.9 Å². The highest BCUT2D eigenvalue weighted by Gasteiger charge is 2.33. The van der Waals surface area contributed by atoms with Gasteiger partial charge in [0.25, 0.3) is 11.6 Å². The minimum absolute atomic E-state index is 0.0901. The Bertz CT molecular complexity index is 1310. The number of rotatable bonds is 8. The highest BCUT2D eigenvalue weighted by Crippen LogP contribution is 2.39. The van der Waals surface area contributed by atoms with Gasteiger partial charge in [0.15, 0.2) is 11.5 Å². The molecule has 1 aliphatic rings. The molecule has 1 aliphatic heterocycles. The lowest BCUT2D eigenvalue weighted by atomic mass is 9.91. The maximum absolute atomic E-state index is 13.5. The van der Waals surface area contributed by atoms with E-state index in [1.165, 1.54) is 31.4 Å². The van der Waals surface area contributed by atoms with Crippen LogP contribution in [-0.4, -0.2) is 56.2 Å². The SMILES string of the molecule is COC(=O)c1ccc(OCC2c3cc(OC)c(OC)cc3CCN2C(=O)c2ccc([N+](=O)[O-])cc2)cc1. The number of nitro benzene ring substituents is 1. The van der Waals surface area contributed by atoms with Gasteiger partial charge in [-0.15, -0.1) is 0 Å². The monoisotopic (exact) mass is 506 g/mol. The zero-order valence-electron chi connectivity index (χ0n) is 20.6. The molecule has 0 saturated carbocycles. The average molecular weight is 507 g/mol. The summed E-state index contributed by atoms with van der Waals surface area (Å²) in [7, 11) is 4.42. The smallest absolute Gasteiger partial charge is 0.337 e. The van der Waals surface area contributed by atoms with Gasteiger partial charge in [-0.1, -0.05) is 0 Å². The third-order valence-corrected chi connectivity index (χ3v) is 6.27. The topological polar surface area (TPSA) is 117 Å². The molecular weight excluding hydrogens is 480 g/mol. The van der Waals surface area contributed by atoms with Crippen molar-refractivity contribution in [1.82, 2.24) is 4.90 Å². The van der Waals surface area contributed by atoms with Crippen molar-refractivity contribution in [3.8, 4) is 17.2 Å². The van der Waals surface area contributed by atoms with Gasteiger partial charge in [-0.25, -0.2) is 4.79 Å². The van der Waals surface area contributed by atoms with E-state index in [0.717, 1.165) is 11.1 Å². The van der Waals surface area contributed by atoms with Crippen LogP contribution in [0.5, 0.6) is 17.2 Å². The molecule has 1 unspecified atom stereocenters. The minimum Gasteiger partial charge on any atom is -0.493 e. The number of hydrogen-bond donors (Lipinski definition) is 0. The number of fused-ring (bicyclic) bond motifs is 1. The molecule has 0 bridgehead atoms. The summed E-state index contributed by atoms with van der Waals surface area (Å²) in [4.78, 5) is 37.5. The Morgan fingerprint density at radius 2 is 1.57 bits per heavy atom. The second-order valence-electron chi connectivity index (χ2n) is 8.30. The lowest BCUT2D eigenvalue weighted by Crippen LogP contribution is -2.42. The van der Waals surface area contributed by atoms with E-state index in [1.54, 1.807) is 43.4 Å². The van der Waals surface area contributed by atoms with Crippen molar-refractivity contribution < 1.29 is 33.5 Å². The van der Waals surface area contributed by atoms with Crippen LogP contribution in [0.15, 0.2) is 60.7 Å². The zero-order valence-corrected chi connectivity index (χ0v) is 20.6. The zero-order chi connectivity index (χ0) is 26.5. The van der Waals surface area contributed by atoms with Crippen molar-refractivity contribution >= 4 is 17.6 Å². The second-order valence-corrected chi connectivity index (χ2v) is 8.30. The van der Waals surface area contributed by atoms with Crippen LogP contribution in [0.25, 0.3) is 0 Å². The van der Waals surface area contributed by atoms with Crippen LogP contribution >= 0.6 is 0 Å². The predicted molar refractivity (Wildman–Crippen MR) is 133 cm³/mol. The number of methoxy groups -OCH3 is 3. The fourth-order valence-corrected chi connectivity index (χ4v) is 4.32. The number of nitrogens with zero attached hydrogens (tertiary/aromatic N) is 2. The number of carbonyl (C=O) groups excluding carboxylic acids is 2. The molecule has 10 nitrogen and oxygen atoms in total. The third kappa shape index (κ3) is 5.32. The summed E-state index contributed by atoms with van der Waals surface area (Å²) < 4.78 is 21.7. The van der Waals surface area contributed by atoms with Gasteiger partial charge in [0.05, 0.1) is 37.9 Å². The molecule has 3 aromatic rings. The van der Waals surface area contributed by atoms with Gasteiger partial charge in [0, 0.05) is 24.2 Å². The summed E-state index contributed by atoms with van der Waals surface area (Å²) in [5.74, 6) is 0.911. The summed E-state index contributed by atoms with van der Waals surface area (Å²) in [6, 6.07) is 15.3. The number of carbonyl (C=O) groups is 2. The molecule has 0 radical (unpaired) electrons. The van der Waals surface area contributed by atoms with E-state index >= 15 is 0 Å². The number of benzene rings is 3. The van der Waals surface area contributed by atoms with Gasteiger partial charge in [0.2, 0.25) is 0 Å². The Morgan fingerprint density at radius 1 is 0.946 bits per heavy atom. The molecule has 1 amide bonds. The number of amides is 1. The largest absolute Gasteiger partial charge is 0.493 e. The van der Waals surface area contributed by atoms with Crippen LogP contribution in [0.2, 0.25) is 0 Å². The highest BCUT2D eigenvalue weighted by molar-refractivity contribution is 5.95. The molecule has 3 aromatic carbocycles. The first-order valence-corrected chi connectivity index (χ1v) is 11.5. The first kappa shape index (κ1) is 25.5. The second kappa shape index (κ2) is 11.0. The summed E-state index contributed by atoms with van der Waals surface area (Å²) in [6.45, 7) is 0.534.